The minimum Gasteiger partial charge on any atom is -0.481 e. The quantitative estimate of drug-likeness (QED) is 0.642. The molecular weight excluding hydrogens is 368 g/mol. The van der Waals surface area contributed by atoms with Crippen LogP contribution in [0.3, 0.4) is 0 Å². The first-order chi connectivity index (χ1) is 14.2. The maximum atomic E-state index is 11.0. The number of aliphatic hydroxyl groups excluding tert-OH is 1. The number of rotatable bonds is 5. The van der Waals surface area contributed by atoms with E-state index in [1.54, 1.807) is 19.5 Å². The van der Waals surface area contributed by atoms with Gasteiger partial charge in [0.05, 0.1) is 24.5 Å². The molecule has 0 spiro atoms. The molecule has 1 saturated heterocycles. The Morgan fingerprint density at radius 1 is 1.17 bits per heavy atom. The van der Waals surface area contributed by atoms with Crippen LogP contribution in [-0.2, 0) is 0 Å². The summed E-state index contributed by atoms with van der Waals surface area (Å²) in [6.45, 7) is 1.83. The number of methoxy groups -OCH3 is 1. The number of aromatic nitrogens is 3. The fraction of sp³-hybridized carbons (Fsp3) is 0.286. The summed E-state index contributed by atoms with van der Waals surface area (Å²) < 4.78 is 5.14. The Morgan fingerprint density at radius 2 is 2.10 bits per heavy atom. The van der Waals surface area contributed by atoms with Gasteiger partial charge in [0.25, 0.3) is 0 Å². The fourth-order valence-corrected chi connectivity index (χ4v) is 4.02. The van der Waals surface area contributed by atoms with E-state index in [4.69, 9.17) is 9.72 Å². The Labute approximate surface area is 168 Å². The third-order valence-corrected chi connectivity index (χ3v) is 5.44. The van der Waals surface area contributed by atoms with Crippen molar-refractivity contribution in [3.05, 3.63) is 54.9 Å². The monoisotopic (exact) mass is 390 g/mol. The van der Waals surface area contributed by atoms with Crippen molar-refractivity contribution in [3.8, 4) is 17.1 Å². The Bertz CT molecular complexity index is 998. The second kappa shape index (κ2) is 7.21. The Balaban J connectivity index is 1.51. The summed E-state index contributed by atoms with van der Waals surface area (Å²) >= 11 is 0. The van der Waals surface area contributed by atoms with Gasteiger partial charge in [-0.25, -0.2) is 15.0 Å². The Morgan fingerprint density at radius 3 is 2.86 bits per heavy atom. The van der Waals surface area contributed by atoms with Crippen LogP contribution in [0, 0.1) is 0 Å². The Kier molecular flexibility index (Phi) is 4.40. The van der Waals surface area contributed by atoms with Crippen LogP contribution in [-0.4, -0.2) is 52.7 Å². The molecule has 5 rings (SSSR count). The summed E-state index contributed by atoms with van der Waals surface area (Å²) in [4.78, 5) is 17.7. The number of nitrogens with one attached hydrogen (secondary N) is 1. The number of hydrogen-bond acceptors (Lipinski definition) is 8. The van der Waals surface area contributed by atoms with Gasteiger partial charge in [-0.1, -0.05) is 6.07 Å². The van der Waals surface area contributed by atoms with Gasteiger partial charge in [0.1, 0.15) is 5.82 Å². The van der Waals surface area contributed by atoms with Crippen molar-refractivity contribution in [2.24, 2.45) is 0 Å². The maximum absolute atomic E-state index is 11.0. The predicted octanol–water partition coefficient (Wildman–Crippen LogP) is 2.33. The van der Waals surface area contributed by atoms with Gasteiger partial charge in [0.15, 0.2) is 5.82 Å². The van der Waals surface area contributed by atoms with E-state index in [9.17, 15) is 5.11 Å². The van der Waals surface area contributed by atoms with Crippen LogP contribution in [0.15, 0.2) is 54.9 Å². The summed E-state index contributed by atoms with van der Waals surface area (Å²) in [5.74, 6) is 1.95. The molecular formula is C21H22N6O2. The van der Waals surface area contributed by atoms with Crippen LogP contribution in [0.1, 0.15) is 6.42 Å². The number of anilines is 3. The minimum absolute atomic E-state index is 0.186. The van der Waals surface area contributed by atoms with E-state index in [-0.39, 0.29) is 6.04 Å². The molecule has 0 radical (unpaired) electrons. The highest BCUT2D eigenvalue weighted by Crippen LogP contribution is 2.40. The van der Waals surface area contributed by atoms with Crippen LogP contribution >= 0.6 is 0 Å². The van der Waals surface area contributed by atoms with Gasteiger partial charge in [-0.15, -0.1) is 0 Å². The van der Waals surface area contributed by atoms with E-state index < -0.39 is 6.35 Å². The number of aliphatic hydroxyl groups is 1. The molecule has 0 aromatic carbocycles. The first-order valence-electron chi connectivity index (χ1n) is 9.63. The first-order valence-corrected chi connectivity index (χ1v) is 9.63. The highest BCUT2D eigenvalue weighted by atomic mass is 16.5. The van der Waals surface area contributed by atoms with E-state index in [0.29, 0.717) is 11.7 Å². The second-order valence-corrected chi connectivity index (χ2v) is 7.16. The van der Waals surface area contributed by atoms with E-state index in [1.807, 2.05) is 41.3 Å². The molecule has 2 bridgehead atoms. The normalized spacial score (nSPS) is 18.3. The van der Waals surface area contributed by atoms with Crippen molar-refractivity contribution in [1.82, 2.24) is 15.0 Å². The number of pyridine rings is 3. The second-order valence-electron chi connectivity index (χ2n) is 7.16. The molecule has 3 aromatic heterocycles. The summed E-state index contributed by atoms with van der Waals surface area (Å²) in [5, 5.41) is 14.1. The molecule has 8 nitrogen and oxygen atoms in total. The molecule has 0 saturated carbocycles. The standard InChI is InChI=1S/C21H22N6O2/c1-29-19-8-5-14(12-23-19)16-6-7-17-20(24-16)27(15-9-11-26(17)13-15)21(28)25-18-4-2-3-10-22-18/h2-8,10,12,15,21,28H,9,11,13H2,1H3,(H,22,25)/t15-,21?/m0/s1. The first kappa shape index (κ1) is 17.7. The van der Waals surface area contributed by atoms with Crippen molar-refractivity contribution < 1.29 is 9.84 Å². The molecule has 29 heavy (non-hydrogen) atoms. The molecule has 5 heterocycles. The van der Waals surface area contributed by atoms with Gasteiger partial charge in [-0.2, -0.15) is 0 Å². The van der Waals surface area contributed by atoms with Gasteiger partial charge < -0.3 is 25.0 Å². The third kappa shape index (κ3) is 3.21. The van der Waals surface area contributed by atoms with E-state index in [0.717, 1.165) is 42.3 Å². The molecule has 2 N–H and O–H groups in total. The van der Waals surface area contributed by atoms with E-state index in [1.165, 1.54) is 0 Å². The SMILES string of the molecule is COc1ccc(-c2ccc3c(n2)N(C(O)Nc2ccccn2)[C@H]2CCN3C2)cn1. The summed E-state index contributed by atoms with van der Waals surface area (Å²) in [6, 6.07) is 13.6. The van der Waals surface area contributed by atoms with Crippen molar-refractivity contribution >= 4 is 17.3 Å². The predicted molar refractivity (Wildman–Crippen MR) is 111 cm³/mol. The molecule has 1 fully saturated rings. The zero-order chi connectivity index (χ0) is 19.8. The average Bonchev–Trinajstić information content (AvgIpc) is 3.18. The molecule has 2 atom stereocenters. The minimum atomic E-state index is -0.925. The lowest BCUT2D eigenvalue weighted by Gasteiger charge is -2.40. The van der Waals surface area contributed by atoms with Gasteiger partial charge in [0.2, 0.25) is 12.2 Å². The molecule has 148 valence electrons. The van der Waals surface area contributed by atoms with Crippen molar-refractivity contribution in [2.75, 3.05) is 35.3 Å². The summed E-state index contributed by atoms with van der Waals surface area (Å²) in [5.41, 5.74) is 2.73. The fourth-order valence-electron chi connectivity index (χ4n) is 4.02. The van der Waals surface area contributed by atoms with Crippen molar-refractivity contribution in [3.63, 3.8) is 0 Å². The van der Waals surface area contributed by atoms with Crippen LogP contribution in [0.25, 0.3) is 11.3 Å². The van der Waals surface area contributed by atoms with Crippen molar-refractivity contribution in [2.45, 2.75) is 18.8 Å². The lowest BCUT2D eigenvalue weighted by molar-refractivity contribution is 0.184. The number of hydrogen-bond donors (Lipinski definition) is 2. The van der Waals surface area contributed by atoms with Gasteiger partial charge in [-0.3, -0.25) is 0 Å². The zero-order valence-electron chi connectivity index (χ0n) is 16.1. The topological polar surface area (TPSA) is 86.6 Å². The van der Waals surface area contributed by atoms with Gasteiger partial charge in [0, 0.05) is 37.1 Å². The summed E-state index contributed by atoms with van der Waals surface area (Å²) in [6.07, 6.45) is 3.49. The molecule has 8 heteroatoms. The molecule has 0 amide bonds. The van der Waals surface area contributed by atoms with Gasteiger partial charge in [-0.05, 0) is 36.8 Å². The highest BCUT2D eigenvalue weighted by molar-refractivity contribution is 5.76. The van der Waals surface area contributed by atoms with Gasteiger partial charge >= 0.3 is 0 Å². The van der Waals surface area contributed by atoms with Crippen LogP contribution < -0.4 is 19.9 Å². The van der Waals surface area contributed by atoms with E-state index >= 15 is 0 Å². The van der Waals surface area contributed by atoms with Crippen LogP contribution in [0.2, 0.25) is 0 Å². The number of ether oxygens (including phenoxy) is 1. The lowest BCUT2D eigenvalue weighted by atomic mass is 10.1. The van der Waals surface area contributed by atoms with E-state index in [2.05, 4.69) is 26.3 Å². The number of nitrogens with zero attached hydrogens (tertiary/aromatic N) is 5. The molecule has 3 aromatic rings. The lowest BCUT2D eigenvalue weighted by Crippen LogP contribution is -2.51. The largest absolute Gasteiger partial charge is 0.481 e. The van der Waals surface area contributed by atoms with Crippen LogP contribution in [0.5, 0.6) is 5.88 Å². The Hall–Kier alpha value is -3.39. The molecule has 2 aliphatic rings. The average molecular weight is 390 g/mol. The van der Waals surface area contributed by atoms with Crippen molar-refractivity contribution in [1.29, 1.82) is 0 Å². The maximum Gasteiger partial charge on any atom is 0.212 e. The third-order valence-electron chi connectivity index (χ3n) is 5.44. The molecule has 2 aliphatic heterocycles. The van der Waals surface area contributed by atoms with Crippen LogP contribution in [0.4, 0.5) is 17.3 Å². The zero-order valence-corrected chi connectivity index (χ0v) is 16.1. The highest BCUT2D eigenvalue weighted by Gasteiger charge is 2.40. The number of fused-ring (bicyclic) bond motifs is 4. The summed E-state index contributed by atoms with van der Waals surface area (Å²) in [7, 11) is 1.59. The molecule has 0 aliphatic carbocycles. The molecule has 1 unspecified atom stereocenters. The smallest absolute Gasteiger partial charge is 0.212 e.